The molecule has 1 N–H and O–H groups in total. The van der Waals surface area contributed by atoms with Crippen LogP contribution in [0.15, 0.2) is 42.5 Å². The maximum atomic E-state index is 12.4. The minimum atomic E-state index is -0.875. The molecule has 0 aliphatic heterocycles. The summed E-state index contributed by atoms with van der Waals surface area (Å²) in [5.41, 5.74) is 3.42. The van der Waals surface area contributed by atoms with Gasteiger partial charge in [0.2, 0.25) is 0 Å². The van der Waals surface area contributed by atoms with Gasteiger partial charge in [-0.2, -0.15) is 0 Å². The van der Waals surface area contributed by atoms with Crippen LogP contribution >= 0.6 is 11.6 Å². The number of aryl methyl sites for hydroxylation is 2. The maximum absolute atomic E-state index is 12.4. The second-order valence-corrected chi connectivity index (χ2v) is 7.36. The lowest BCUT2D eigenvalue weighted by atomic mass is 9.90. The number of ketones is 1. The number of rotatable bonds is 6. The number of nitrogens with one attached hydrogen (secondary N) is 1. The first-order chi connectivity index (χ1) is 13.4. The van der Waals surface area contributed by atoms with E-state index in [1.54, 1.807) is 30.3 Å². The highest BCUT2D eigenvalue weighted by Gasteiger charge is 2.20. The van der Waals surface area contributed by atoms with Crippen LogP contribution in [-0.2, 0) is 22.4 Å². The Bertz CT molecular complexity index is 892. The highest BCUT2D eigenvalue weighted by atomic mass is 35.5. The van der Waals surface area contributed by atoms with E-state index in [0.29, 0.717) is 16.1 Å². The van der Waals surface area contributed by atoms with Crippen LogP contribution in [0.1, 0.15) is 51.6 Å². The van der Waals surface area contributed by atoms with Gasteiger partial charge in [-0.15, -0.1) is 0 Å². The third kappa shape index (κ3) is 4.98. The van der Waals surface area contributed by atoms with Crippen LogP contribution in [0.25, 0.3) is 0 Å². The molecule has 0 bridgehead atoms. The fourth-order valence-corrected chi connectivity index (χ4v) is 3.32. The molecule has 0 saturated heterocycles. The van der Waals surface area contributed by atoms with Crippen molar-refractivity contribution in [3.8, 4) is 0 Å². The maximum Gasteiger partial charge on any atom is 0.328 e. The van der Waals surface area contributed by atoms with E-state index in [-0.39, 0.29) is 12.4 Å². The zero-order valence-corrected chi connectivity index (χ0v) is 16.4. The predicted molar refractivity (Wildman–Crippen MR) is 107 cm³/mol. The SMILES string of the molecule is C[C@H](NC(=O)c1ccc(Cl)cc1)C(=O)OCC(=O)c1ccc2c(c1)CCCC2. The normalized spacial score (nSPS) is 13.9. The van der Waals surface area contributed by atoms with Crippen LogP contribution in [0.4, 0.5) is 0 Å². The van der Waals surface area contributed by atoms with Crippen LogP contribution in [0, 0.1) is 0 Å². The molecular formula is C22H22ClNO4. The Kier molecular flexibility index (Phi) is 6.47. The molecule has 0 heterocycles. The highest BCUT2D eigenvalue weighted by molar-refractivity contribution is 6.30. The molecule has 1 aliphatic carbocycles. The summed E-state index contributed by atoms with van der Waals surface area (Å²) < 4.78 is 5.10. The van der Waals surface area contributed by atoms with Crippen LogP contribution in [-0.4, -0.2) is 30.3 Å². The number of hydrogen-bond acceptors (Lipinski definition) is 4. The van der Waals surface area contributed by atoms with E-state index in [9.17, 15) is 14.4 Å². The van der Waals surface area contributed by atoms with Gasteiger partial charge >= 0.3 is 5.97 Å². The summed E-state index contributed by atoms with van der Waals surface area (Å²) in [6, 6.07) is 11.1. The molecule has 6 heteroatoms. The van der Waals surface area contributed by atoms with E-state index in [4.69, 9.17) is 16.3 Å². The standard InChI is InChI=1S/C22H22ClNO4/c1-14(24-21(26)16-8-10-19(23)11-9-16)22(27)28-13-20(25)18-7-6-15-4-2-3-5-17(15)12-18/h6-12,14H,2-5,13H2,1H3,(H,24,26)/t14-/m0/s1. The third-order valence-corrected chi connectivity index (χ3v) is 5.08. The van der Waals surface area contributed by atoms with Gasteiger partial charge in [-0.05, 0) is 74.1 Å². The molecule has 1 aliphatic rings. The van der Waals surface area contributed by atoms with Crippen LogP contribution < -0.4 is 5.32 Å². The second kappa shape index (κ2) is 9.02. The number of esters is 1. The molecular weight excluding hydrogens is 378 g/mol. The molecule has 146 valence electrons. The Morgan fingerprint density at radius 2 is 1.64 bits per heavy atom. The first-order valence-corrected chi connectivity index (χ1v) is 9.70. The largest absolute Gasteiger partial charge is 0.456 e. The Balaban J connectivity index is 1.52. The number of fused-ring (bicyclic) bond motifs is 1. The van der Waals surface area contributed by atoms with E-state index in [1.807, 2.05) is 12.1 Å². The van der Waals surface area contributed by atoms with E-state index in [0.717, 1.165) is 19.3 Å². The minimum absolute atomic E-state index is 0.252. The van der Waals surface area contributed by atoms with Crippen molar-refractivity contribution in [2.75, 3.05) is 6.61 Å². The summed E-state index contributed by atoms with van der Waals surface area (Å²) in [5, 5.41) is 3.07. The number of ether oxygens (including phenoxy) is 1. The summed E-state index contributed by atoms with van der Waals surface area (Å²) >= 11 is 5.80. The highest BCUT2D eigenvalue weighted by Crippen LogP contribution is 2.22. The van der Waals surface area contributed by atoms with Gasteiger partial charge in [0.05, 0.1) is 0 Å². The fraction of sp³-hybridized carbons (Fsp3) is 0.318. The molecule has 0 aromatic heterocycles. The number of halogens is 1. The van der Waals surface area contributed by atoms with Crippen LogP contribution in [0.3, 0.4) is 0 Å². The summed E-state index contributed by atoms with van der Waals surface area (Å²) in [5.74, 6) is -1.33. The Morgan fingerprint density at radius 1 is 1.00 bits per heavy atom. The van der Waals surface area contributed by atoms with Gasteiger partial charge in [0.15, 0.2) is 12.4 Å². The molecule has 0 unspecified atom stereocenters. The van der Waals surface area contributed by atoms with Gasteiger partial charge < -0.3 is 10.1 Å². The summed E-state index contributed by atoms with van der Waals surface area (Å²) in [6.07, 6.45) is 4.33. The zero-order valence-electron chi connectivity index (χ0n) is 15.7. The molecule has 28 heavy (non-hydrogen) atoms. The smallest absolute Gasteiger partial charge is 0.328 e. The quantitative estimate of drug-likeness (QED) is 0.593. The van der Waals surface area contributed by atoms with Gasteiger partial charge in [0.1, 0.15) is 6.04 Å². The molecule has 1 atom stereocenters. The fourth-order valence-electron chi connectivity index (χ4n) is 3.19. The molecule has 0 saturated carbocycles. The van der Waals surface area contributed by atoms with Gasteiger partial charge in [-0.1, -0.05) is 23.7 Å². The zero-order chi connectivity index (χ0) is 20.1. The van der Waals surface area contributed by atoms with Crippen molar-refractivity contribution >= 4 is 29.3 Å². The van der Waals surface area contributed by atoms with Crippen molar-refractivity contribution in [2.24, 2.45) is 0 Å². The number of hydrogen-bond donors (Lipinski definition) is 1. The van der Waals surface area contributed by atoms with Crippen molar-refractivity contribution in [3.05, 3.63) is 69.7 Å². The summed E-state index contributed by atoms with van der Waals surface area (Å²) in [4.78, 5) is 36.6. The Morgan fingerprint density at radius 3 is 2.36 bits per heavy atom. The summed E-state index contributed by atoms with van der Waals surface area (Å²) in [7, 11) is 0. The van der Waals surface area contributed by atoms with E-state index in [1.165, 1.54) is 24.5 Å². The number of amides is 1. The number of benzene rings is 2. The van der Waals surface area contributed by atoms with Crippen molar-refractivity contribution in [2.45, 2.75) is 38.6 Å². The lowest BCUT2D eigenvalue weighted by Crippen LogP contribution is -2.40. The molecule has 0 radical (unpaired) electrons. The van der Waals surface area contributed by atoms with Crippen LogP contribution in [0.2, 0.25) is 5.02 Å². The number of carbonyl (C=O) groups is 3. The Labute approximate surface area is 169 Å². The molecule has 5 nitrogen and oxygen atoms in total. The summed E-state index contributed by atoms with van der Waals surface area (Å²) in [6.45, 7) is 1.16. The molecule has 3 rings (SSSR count). The van der Waals surface area contributed by atoms with Gasteiger partial charge in [-0.25, -0.2) is 4.79 Å². The second-order valence-electron chi connectivity index (χ2n) is 6.92. The van der Waals surface area contributed by atoms with Crippen molar-refractivity contribution < 1.29 is 19.1 Å². The van der Waals surface area contributed by atoms with E-state index in [2.05, 4.69) is 5.32 Å². The van der Waals surface area contributed by atoms with Crippen LogP contribution in [0.5, 0.6) is 0 Å². The number of carbonyl (C=O) groups excluding carboxylic acids is 3. The van der Waals surface area contributed by atoms with Gasteiger partial charge in [0.25, 0.3) is 5.91 Å². The monoisotopic (exact) mass is 399 g/mol. The third-order valence-electron chi connectivity index (χ3n) is 4.82. The predicted octanol–water partition coefficient (Wildman–Crippen LogP) is 3.76. The average molecular weight is 400 g/mol. The molecule has 2 aromatic rings. The van der Waals surface area contributed by atoms with Crippen molar-refractivity contribution in [3.63, 3.8) is 0 Å². The first kappa shape index (κ1) is 20.1. The first-order valence-electron chi connectivity index (χ1n) is 9.32. The molecule has 2 aromatic carbocycles. The lowest BCUT2D eigenvalue weighted by molar-refractivity contribution is -0.144. The lowest BCUT2D eigenvalue weighted by Gasteiger charge is -2.16. The minimum Gasteiger partial charge on any atom is -0.456 e. The van der Waals surface area contributed by atoms with E-state index >= 15 is 0 Å². The van der Waals surface area contributed by atoms with Gasteiger partial charge in [-0.3, -0.25) is 9.59 Å². The molecule has 0 spiro atoms. The topological polar surface area (TPSA) is 72.5 Å². The van der Waals surface area contributed by atoms with E-state index < -0.39 is 17.9 Å². The van der Waals surface area contributed by atoms with Gasteiger partial charge in [0, 0.05) is 16.1 Å². The number of Topliss-reactive ketones (excluding diaryl/α,β-unsaturated/α-hetero) is 1. The average Bonchev–Trinajstić information content (AvgIpc) is 2.71. The van der Waals surface area contributed by atoms with Crippen molar-refractivity contribution in [1.29, 1.82) is 0 Å². The molecule has 0 fully saturated rings. The van der Waals surface area contributed by atoms with Crippen molar-refractivity contribution in [1.82, 2.24) is 5.32 Å². The Hall–Kier alpha value is -2.66. The molecule has 1 amide bonds.